The molecule has 0 spiro atoms. The van der Waals surface area contributed by atoms with Crippen LogP contribution < -0.4 is 16.3 Å². The summed E-state index contributed by atoms with van der Waals surface area (Å²) in [6, 6.07) is 7.71. The Morgan fingerprint density at radius 3 is 2.45 bits per heavy atom. The van der Waals surface area contributed by atoms with Gasteiger partial charge in [-0.1, -0.05) is 12.8 Å². The molecule has 3 rings (SSSR count). The molecule has 1 fully saturated rings. The number of hydrogen-bond acceptors (Lipinski definition) is 4. The second-order valence-electron chi connectivity index (χ2n) is 5.28. The van der Waals surface area contributed by atoms with Gasteiger partial charge in [-0.25, -0.2) is 9.66 Å². The number of benzene rings is 1. The topological polar surface area (TPSA) is 79.1 Å². The zero-order valence-corrected chi connectivity index (χ0v) is 11.7. The molecule has 0 aliphatic heterocycles. The van der Waals surface area contributed by atoms with Crippen molar-refractivity contribution < 1.29 is 4.74 Å². The van der Waals surface area contributed by atoms with Crippen LogP contribution in [0, 0.1) is 0 Å². The Balaban J connectivity index is 1.98. The van der Waals surface area contributed by atoms with Gasteiger partial charge in [0.1, 0.15) is 17.3 Å². The fraction of sp³-hybridized carbons (Fsp3) is 0.400. The summed E-state index contributed by atoms with van der Waals surface area (Å²) < 4.78 is 6.72. The Labute approximate surface area is 118 Å². The number of anilines is 1. The van der Waals surface area contributed by atoms with E-state index in [0.717, 1.165) is 35.7 Å². The average Bonchev–Trinajstić information content (AvgIpc) is 3.10. The van der Waals surface area contributed by atoms with Crippen molar-refractivity contribution in [3.63, 3.8) is 0 Å². The molecular weight excluding hydrogens is 252 g/mol. The van der Waals surface area contributed by atoms with Crippen LogP contribution in [0.5, 0.6) is 5.75 Å². The van der Waals surface area contributed by atoms with Gasteiger partial charge >= 0.3 is 0 Å². The van der Waals surface area contributed by atoms with Crippen molar-refractivity contribution in [2.24, 2.45) is 0 Å². The number of hydrogen-bond donors (Lipinski definition) is 2. The van der Waals surface area contributed by atoms with Gasteiger partial charge in [0.15, 0.2) is 5.82 Å². The molecular formula is C15H20N4O. The number of aromatic nitrogens is 2. The molecule has 1 saturated carbocycles. The maximum Gasteiger partial charge on any atom is 0.150 e. The van der Waals surface area contributed by atoms with Gasteiger partial charge in [-0.2, -0.15) is 0 Å². The number of nitrogen functional groups attached to an aromatic ring is 2. The molecule has 5 nitrogen and oxygen atoms in total. The van der Waals surface area contributed by atoms with Gasteiger partial charge in [-0.3, -0.25) is 0 Å². The van der Waals surface area contributed by atoms with E-state index in [2.05, 4.69) is 4.98 Å². The second-order valence-corrected chi connectivity index (χ2v) is 5.28. The van der Waals surface area contributed by atoms with E-state index in [1.165, 1.54) is 12.8 Å². The smallest absolute Gasteiger partial charge is 0.150 e. The highest BCUT2D eigenvalue weighted by Crippen LogP contribution is 2.36. The molecule has 1 aromatic heterocycles. The van der Waals surface area contributed by atoms with Crippen molar-refractivity contribution in [2.75, 3.05) is 18.7 Å². The highest BCUT2D eigenvalue weighted by Gasteiger charge is 2.24. The van der Waals surface area contributed by atoms with E-state index < -0.39 is 0 Å². The Morgan fingerprint density at radius 2 is 1.85 bits per heavy atom. The van der Waals surface area contributed by atoms with Crippen LogP contribution >= 0.6 is 0 Å². The lowest BCUT2D eigenvalue weighted by molar-refractivity contribution is 0.415. The molecule has 1 aliphatic rings. The molecule has 5 heteroatoms. The summed E-state index contributed by atoms with van der Waals surface area (Å²) in [5.74, 6) is 8.77. The Hall–Kier alpha value is -2.17. The maximum atomic E-state index is 6.12. The highest BCUT2D eigenvalue weighted by atomic mass is 16.5. The van der Waals surface area contributed by atoms with Crippen LogP contribution in [0.2, 0.25) is 0 Å². The van der Waals surface area contributed by atoms with Crippen molar-refractivity contribution in [3.8, 4) is 17.0 Å². The number of ether oxygens (including phenoxy) is 1. The van der Waals surface area contributed by atoms with Crippen molar-refractivity contribution in [1.82, 2.24) is 9.66 Å². The van der Waals surface area contributed by atoms with E-state index in [0.29, 0.717) is 11.7 Å². The second kappa shape index (κ2) is 5.07. The lowest BCUT2D eigenvalue weighted by Crippen LogP contribution is -2.17. The fourth-order valence-corrected chi connectivity index (χ4v) is 2.90. The van der Waals surface area contributed by atoms with Crippen LogP contribution in [0.1, 0.15) is 37.4 Å². The molecule has 1 aromatic carbocycles. The van der Waals surface area contributed by atoms with Crippen LogP contribution in [0.15, 0.2) is 24.3 Å². The number of rotatable bonds is 3. The monoisotopic (exact) mass is 272 g/mol. The first kappa shape index (κ1) is 12.8. The quantitative estimate of drug-likeness (QED) is 0.841. The molecule has 0 amide bonds. The molecule has 0 atom stereocenters. The molecule has 2 aromatic rings. The minimum atomic E-state index is 0.439. The van der Waals surface area contributed by atoms with Crippen molar-refractivity contribution in [1.29, 1.82) is 0 Å². The number of methoxy groups -OCH3 is 1. The van der Waals surface area contributed by atoms with Gasteiger partial charge in [0.05, 0.1) is 7.11 Å². The highest BCUT2D eigenvalue weighted by molar-refractivity contribution is 5.71. The lowest BCUT2D eigenvalue weighted by Gasteiger charge is -2.08. The first-order valence-corrected chi connectivity index (χ1v) is 6.98. The third-order valence-corrected chi connectivity index (χ3v) is 4.06. The normalized spacial score (nSPS) is 15.7. The zero-order valence-electron chi connectivity index (χ0n) is 11.7. The zero-order chi connectivity index (χ0) is 14.1. The summed E-state index contributed by atoms with van der Waals surface area (Å²) >= 11 is 0. The van der Waals surface area contributed by atoms with E-state index in [1.54, 1.807) is 11.8 Å². The first-order valence-electron chi connectivity index (χ1n) is 6.98. The number of imidazole rings is 1. The molecule has 0 saturated heterocycles. The molecule has 0 unspecified atom stereocenters. The van der Waals surface area contributed by atoms with Crippen LogP contribution in [0.4, 0.5) is 5.82 Å². The summed E-state index contributed by atoms with van der Waals surface area (Å²) in [6.07, 6.45) is 4.79. The first-order chi connectivity index (χ1) is 9.70. The summed E-state index contributed by atoms with van der Waals surface area (Å²) in [7, 11) is 1.65. The van der Waals surface area contributed by atoms with Crippen LogP contribution in [-0.2, 0) is 0 Å². The molecule has 0 radical (unpaired) electrons. The van der Waals surface area contributed by atoms with Gasteiger partial charge in [0.25, 0.3) is 0 Å². The molecule has 0 bridgehead atoms. The van der Waals surface area contributed by atoms with Crippen LogP contribution in [0.3, 0.4) is 0 Å². The summed E-state index contributed by atoms with van der Waals surface area (Å²) in [6.45, 7) is 0. The molecule has 20 heavy (non-hydrogen) atoms. The van der Waals surface area contributed by atoms with Crippen LogP contribution in [0.25, 0.3) is 11.3 Å². The third kappa shape index (κ3) is 2.09. The lowest BCUT2D eigenvalue weighted by atomic mass is 10.1. The minimum absolute atomic E-state index is 0.439. The van der Waals surface area contributed by atoms with Gasteiger partial charge in [-0.05, 0) is 37.1 Å². The Kier molecular flexibility index (Phi) is 3.26. The number of nitrogens with zero attached hydrogens (tertiary/aromatic N) is 2. The molecule has 1 heterocycles. The van der Waals surface area contributed by atoms with E-state index >= 15 is 0 Å². The van der Waals surface area contributed by atoms with Gasteiger partial charge < -0.3 is 16.3 Å². The van der Waals surface area contributed by atoms with Gasteiger partial charge in [0.2, 0.25) is 0 Å². The fourth-order valence-electron chi connectivity index (χ4n) is 2.90. The SMILES string of the molecule is COc1ccc(-c2nc(C3CCCC3)n(N)c2N)cc1. The van der Waals surface area contributed by atoms with E-state index in [1.807, 2.05) is 24.3 Å². The van der Waals surface area contributed by atoms with Gasteiger partial charge in [0, 0.05) is 11.5 Å². The summed E-state index contributed by atoms with van der Waals surface area (Å²) in [5.41, 5.74) is 7.84. The van der Waals surface area contributed by atoms with Gasteiger partial charge in [-0.15, -0.1) is 0 Å². The van der Waals surface area contributed by atoms with E-state index in [-0.39, 0.29) is 0 Å². The predicted octanol–water partition coefficient (Wildman–Crippen LogP) is 2.51. The summed E-state index contributed by atoms with van der Waals surface area (Å²) in [4.78, 5) is 4.69. The van der Waals surface area contributed by atoms with Crippen molar-refractivity contribution in [3.05, 3.63) is 30.1 Å². The molecule has 1 aliphatic carbocycles. The number of nitrogens with two attached hydrogens (primary N) is 2. The minimum Gasteiger partial charge on any atom is -0.497 e. The largest absolute Gasteiger partial charge is 0.497 e. The summed E-state index contributed by atoms with van der Waals surface area (Å²) in [5, 5.41) is 0. The van der Waals surface area contributed by atoms with E-state index in [4.69, 9.17) is 16.3 Å². The standard InChI is InChI=1S/C15H20N4O/c1-20-12-8-6-10(7-9-12)13-14(16)19(17)15(18-13)11-4-2-3-5-11/h6-9,11H,2-5,16-17H2,1H3. The average molecular weight is 272 g/mol. The molecule has 4 N–H and O–H groups in total. The predicted molar refractivity (Wildman–Crippen MR) is 80.0 cm³/mol. The Bertz CT molecular complexity index is 597. The van der Waals surface area contributed by atoms with Crippen molar-refractivity contribution in [2.45, 2.75) is 31.6 Å². The third-order valence-electron chi connectivity index (χ3n) is 4.06. The van der Waals surface area contributed by atoms with Crippen LogP contribution in [-0.4, -0.2) is 16.8 Å². The van der Waals surface area contributed by atoms with E-state index in [9.17, 15) is 0 Å². The Morgan fingerprint density at radius 1 is 1.20 bits per heavy atom. The van der Waals surface area contributed by atoms with Crippen molar-refractivity contribution >= 4 is 5.82 Å². The molecule has 106 valence electrons. The maximum absolute atomic E-state index is 6.12.